The lowest BCUT2D eigenvalue weighted by molar-refractivity contribution is -0.131. The van der Waals surface area contributed by atoms with Crippen molar-refractivity contribution in [2.24, 2.45) is 5.92 Å². The molecule has 0 aliphatic carbocycles. The van der Waals surface area contributed by atoms with Crippen molar-refractivity contribution in [3.05, 3.63) is 30.1 Å². The summed E-state index contributed by atoms with van der Waals surface area (Å²) < 4.78 is 13.3. The summed E-state index contributed by atoms with van der Waals surface area (Å²) in [6.07, 6.45) is 8.08. The molecule has 1 atom stereocenters. The molecular weight excluding hydrogens is 345 g/mol. The second kappa shape index (κ2) is 9.72. The molecule has 1 aromatic carbocycles. The first-order valence-electron chi connectivity index (χ1n) is 10.2. The summed E-state index contributed by atoms with van der Waals surface area (Å²) in [4.78, 5) is 28.8. The van der Waals surface area contributed by atoms with E-state index in [-0.39, 0.29) is 17.8 Å². The number of halogens is 1. The number of hydrogen-bond acceptors (Lipinski definition) is 2. The summed E-state index contributed by atoms with van der Waals surface area (Å²) in [6.45, 7) is 3.16. The van der Waals surface area contributed by atoms with Gasteiger partial charge in [0, 0.05) is 38.3 Å². The lowest BCUT2D eigenvalue weighted by Gasteiger charge is -2.33. The molecule has 0 radical (unpaired) electrons. The van der Waals surface area contributed by atoms with E-state index in [0.717, 1.165) is 45.2 Å². The minimum absolute atomic E-state index is 0.191. The van der Waals surface area contributed by atoms with Crippen molar-refractivity contribution in [3.63, 3.8) is 0 Å². The molecule has 2 saturated heterocycles. The van der Waals surface area contributed by atoms with Crippen LogP contribution in [0.1, 0.15) is 51.4 Å². The van der Waals surface area contributed by atoms with E-state index >= 15 is 0 Å². The largest absolute Gasteiger partial charge is 0.343 e. The highest BCUT2D eigenvalue weighted by Crippen LogP contribution is 2.23. The molecule has 1 N–H and O–H groups in total. The Morgan fingerprint density at radius 2 is 1.78 bits per heavy atom. The third-order valence-electron chi connectivity index (χ3n) is 5.61. The minimum atomic E-state index is -0.364. The third kappa shape index (κ3) is 5.94. The number of benzene rings is 1. The topological polar surface area (TPSA) is 52.7 Å². The first-order valence-corrected chi connectivity index (χ1v) is 10.2. The Hall–Kier alpha value is -2.11. The van der Waals surface area contributed by atoms with Crippen LogP contribution in [0.15, 0.2) is 24.3 Å². The van der Waals surface area contributed by atoms with Crippen molar-refractivity contribution in [2.75, 3.05) is 31.5 Å². The highest BCUT2D eigenvalue weighted by atomic mass is 19.1. The van der Waals surface area contributed by atoms with Crippen LogP contribution in [0, 0.1) is 11.7 Å². The van der Waals surface area contributed by atoms with Gasteiger partial charge in [0.25, 0.3) is 0 Å². The van der Waals surface area contributed by atoms with Gasteiger partial charge >= 0.3 is 6.03 Å². The Balaban J connectivity index is 1.45. The molecule has 0 aromatic heterocycles. The van der Waals surface area contributed by atoms with Crippen molar-refractivity contribution < 1.29 is 14.0 Å². The van der Waals surface area contributed by atoms with Crippen LogP contribution in [0.25, 0.3) is 0 Å². The Kier molecular flexibility index (Phi) is 7.07. The van der Waals surface area contributed by atoms with Crippen molar-refractivity contribution >= 4 is 17.6 Å². The summed E-state index contributed by atoms with van der Waals surface area (Å²) in [5.74, 6) is 0.252. The van der Waals surface area contributed by atoms with Gasteiger partial charge in [-0.05, 0) is 56.2 Å². The first kappa shape index (κ1) is 19.6. The monoisotopic (exact) mass is 375 g/mol. The Labute approximate surface area is 160 Å². The predicted molar refractivity (Wildman–Crippen MR) is 104 cm³/mol. The average molecular weight is 375 g/mol. The van der Waals surface area contributed by atoms with E-state index in [9.17, 15) is 14.0 Å². The number of anilines is 1. The molecule has 6 heteroatoms. The third-order valence-corrected chi connectivity index (χ3v) is 5.61. The number of rotatable bonds is 4. The fraction of sp³-hybridized carbons (Fsp3) is 0.619. The molecule has 2 heterocycles. The number of urea groups is 1. The number of carbonyl (C=O) groups is 2. The summed E-state index contributed by atoms with van der Waals surface area (Å²) in [6, 6.07) is 5.75. The van der Waals surface area contributed by atoms with E-state index < -0.39 is 0 Å². The zero-order chi connectivity index (χ0) is 19.1. The molecule has 3 rings (SSSR count). The number of carbonyl (C=O) groups excluding carboxylic acids is 2. The Bertz CT molecular complexity index is 644. The number of likely N-dealkylation sites (tertiary alicyclic amines) is 2. The van der Waals surface area contributed by atoms with Gasteiger partial charge in [-0.25, -0.2) is 9.18 Å². The molecule has 0 unspecified atom stereocenters. The predicted octanol–water partition coefficient (Wildman–Crippen LogP) is 4.25. The normalized spacial score (nSPS) is 20.9. The highest BCUT2D eigenvalue weighted by Gasteiger charge is 2.25. The van der Waals surface area contributed by atoms with Crippen molar-refractivity contribution in [1.29, 1.82) is 0 Å². The maximum atomic E-state index is 13.3. The van der Waals surface area contributed by atoms with Gasteiger partial charge in [-0.3, -0.25) is 4.79 Å². The maximum absolute atomic E-state index is 13.3. The average Bonchev–Trinajstić information content (AvgIpc) is 2.96. The van der Waals surface area contributed by atoms with Gasteiger partial charge in [0.2, 0.25) is 5.91 Å². The summed E-state index contributed by atoms with van der Waals surface area (Å²) in [5, 5.41) is 2.77. The molecule has 0 spiro atoms. The van der Waals surface area contributed by atoms with Gasteiger partial charge < -0.3 is 15.1 Å². The van der Waals surface area contributed by atoms with Crippen LogP contribution >= 0.6 is 0 Å². The highest BCUT2D eigenvalue weighted by molar-refractivity contribution is 5.89. The molecule has 3 amide bonds. The van der Waals surface area contributed by atoms with E-state index in [1.54, 1.807) is 17.0 Å². The van der Waals surface area contributed by atoms with Crippen molar-refractivity contribution in [2.45, 2.75) is 51.4 Å². The van der Waals surface area contributed by atoms with Gasteiger partial charge in [0.1, 0.15) is 5.82 Å². The van der Waals surface area contributed by atoms with E-state index in [4.69, 9.17) is 0 Å². The van der Waals surface area contributed by atoms with E-state index in [2.05, 4.69) is 5.32 Å². The number of nitrogens with one attached hydrogen (secondary N) is 1. The van der Waals surface area contributed by atoms with Crippen molar-refractivity contribution in [1.82, 2.24) is 9.80 Å². The van der Waals surface area contributed by atoms with Gasteiger partial charge in [-0.15, -0.1) is 0 Å². The summed E-state index contributed by atoms with van der Waals surface area (Å²) in [7, 11) is 0. The zero-order valence-corrected chi connectivity index (χ0v) is 16.0. The van der Waals surface area contributed by atoms with Crippen LogP contribution in [0.2, 0.25) is 0 Å². The van der Waals surface area contributed by atoms with Crippen molar-refractivity contribution in [3.8, 4) is 0 Å². The fourth-order valence-electron chi connectivity index (χ4n) is 4.06. The molecule has 2 fully saturated rings. The number of amides is 3. The van der Waals surface area contributed by atoms with E-state index in [0.29, 0.717) is 31.1 Å². The molecule has 148 valence electrons. The molecule has 2 aliphatic heterocycles. The molecule has 5 nitrogen and oxygen atoms in total. The first-order chi connectivity index (χ1) is 13.1. The van der Waals surface area contributed by atoms with Crippen LogP contribution in [0.4, 0.5) is 14.9 Å². The van der Waals surface area contributed by atoms with Crippen LogP contribution in [0.3, 0.4) is 0 Å². The van der Waals surface area contributed by atoms with Gasteiger partial charge in [0.15, 0.2) is 0 Å². The smallest absolute Gasteiger partial charge is 0.321 e. The SMILES string of the molecule is O=C(CC[C@H]1CCCN(C(=O)Nc2cccc(F)c2)C1)N1CCCCCC1. The quantitative estimate of drug-likeness (QED) is 0.855. The molecule has 1 aromatic rings. The van der Waals surface area contributed by atoms with Gasteiger partial charge in [0.05, 0.1) is 0 Å². The summed E-state index contributed by atoms with van der Waals surface area (Å²) in [5.41, 5.74) is 0.471. The summed E-state index contributed by atoms with van der Waals surface area (Å²) >= 11 is 0. The number of nitrogens with zero attached hydrogens (tertiary/aromatic N) is 2. The standard InChI is InChI=1S/C21H30FN3O2/c22-18-8-5-9-19(15-18)23-21(27)25-14-6-7-17(16-25)10-11-20(26)24-12-3-1-2-4-13-24/h5,8-9,15,17H,1-4,6-7,10-14,16H2,(H,23,27)/t17-/m1/s1. The molecular formula is C21H30FN3O2. The molecule has 0 saturated carbocycles. The van der Waals surface area contributed by atoms with Gasteiger partial charge in [-0.2, -0.15) is 0 Å². The lowest BCUT2D eigenvalue weighted by Crippen LogP contribution is -2.42. The second-order valence-corrected chi connectivity index (χ2v) is 7.73. The van der Waals surface area contributed by atoms with Crippen LogP contribution in [-0.2, 0) is 4.79 Å². The van der Waals surface area contributed by atoms with Crippen LogP contribution in [-0.4, -0.2) is 47.9 Å². The Morgan fingerprint density at radius 1 is 1.04 bits per heavy atom. The number of piperidine rings is 1. The van der Waals surface area contributed by atoms with Gasteiger partial charge in [-0.1, -0.05) is 18.9 Å². The molecule has 2 aliphatic rings. The lowest BCUT2D eigenvalue weighted by atomic mass is 9.93. The minimum Gasteiger partial charge on any atom is -0.343 e. The maximum Gasteiger partial charge on any atom is 0.321 e. The van der Waals surface area contributed by atoms with Crippen LogP contribution in [0.5, 0.6) is 0 Å². The van der Waals surface area contributed by atoms with E-state index in [1.807, 2.05) is 4.90 Å². The zero-order valence-electron chi connectivity index (χ0n) is 16.0. The van der Waals surface area contributed by atoms with Crippen LogP contribution < -0.4 is 5.32 Å². The molecule has 0 bridgehead atoms. The fourth-order valence-corrected chi connectivity index (χ4v) is 4.06. The second-order valence-electron chi connectivity index (χ2n) is 7.73. The Morgan fingerprint density at radius 3 is 2.52 bits per heavy atom. The number of hydrogen-bond donors (Lipinski definition) is 1. The van der Waals surface area contributed by atoms with E-state index in [1.165, 1.54) is 25.0 Å². The molecule has 27 heavy (non-hydrogen) atoms.